The Hall–Kier alpha value is -1.03. The first kappa shape index (κ1) is 10.5. The smallest absolute Gasteiger partial charge is 0.330 e. The lowest BCUT2D eigenvalue weighted by Gasteiger charge is -2.07. The average Bonchev–Trinajstić information content (AvgIpc) is 2.95. The van der Waals surface area contributed by atoms with Crippen molar-refractivity contribution < 1.29 is 13.2 Å². The minimum atomic E-state index is -4.24. The van der Waals surface area contributed by atoms with Crippen LogP contribution in [0.2, 0.25) is 0 Å². The molecular weight excluding hydrogens is 203 g/mol. The number of benzene rings is 1. The van der Waals surface area contributed by atoms with Crippen LogP contribution in [-0.4, -0.2) is 6.54 Å². The van der Waals surface area contributed by atoms with E-state index in [1.165, 1.54) is 0 Å². The van der Waals surface area contributed by atoms with Crippen LogP contribution in [0.15, 0.2) is 24.3 Å². The van der Waals surface area contributed by atoms with Gasteiger partial charge in [0, 0.05) is 0 Å². The van der Waals surface area contributed by atoms with E-state index in [1.54, 1.807) is 12.1 Å². The summed E-state index contributed by atoms with van der Waals surface area (Å²) in [4.78, 5) is 0. The zero-order chi connectivity index (χ0) is 11.1. The molecule has 1 fully saturated rings. The van der Waals surface area contributed by atoms with Gasteiger partial charge >= 0.3 is 6.18 Å². The fraction of sp³-hybridized carbons (Fsp3) is 0.455. The number of nitrogens with two attached hydrogens (primary N) is 1. The van der Waals surface area contributed by atoms with E-state index < -0.39 is 11.7 Å². The van der Waals surface area contributed by atoms with Gasteiger partial charge in [-0.3, -0.25) is 0 Å². The minimum absolute atomic E-state index is 0.372. The highest BCUT2D eigenvalue weighted by molar-refractivity contribution is 5.30. The van der Waals surface area contributed by atoms with Crippen LogP contribution in [0.25, 0.3) is 0 Å². The lowest BCUT2D eigenvalue weighted by atomic mass is 10.1. The quantitative estimate of drug-likeness (QED) is 0.806. The first-order valence-corrected chi connectivity index (χ1v) is 4.89. The van der Waals surface area contributed by atoms with Crippen molar-refractivity contribution in [2.75, 3.05) is 6.54 Å². The van der Waals surface area contributed by atoms with Crippen LogP contribution in [-0.2, 0) is 6.18 Å². The Labute approximate surface area is 86.1 Å². The highest BCUT2D eigenvalue weighted by Crippen LogP contribution is 2.46. The molecule has 1 saturated carbocycles. The maximum atomic E-state index is 12.3. The zero-order valence-electron chi connectivity index (χ0n) is 8.09. The molecule has 0 bridgehead atoms. The summed E-state index contributed by atoms with van der Waals surface area (Å²) in [6.45, 7) is 0.617. The summed E-state index contributed by atoms with van der Waals surface area (Å²) < 4.78 is 36.8. The maximum Gasteiger partial charge on any atom is 0.416 e. The van der Waals surface area contributed by atoms with Crippen molar-refractivity contribution in [2.45, 2.75) is 18.5 Å². The molecule has 0 spiro atoms. The van der Waals surface area contributed by atoms with Crippen LogP contribution in [0.1, 0.15) is 23.5 Å². The normalized spacial score (nSPS) is 25.3. The molecule has 0 aromatic heterocycles. The summed E-state index contributed by atoms with van der Waals surface area (Å²) in [5.74, 6) is 0.832. The van der Waals surface area contributed by atoms with Gasteiger partial charge < -0.3 is 5.73 Å². The predicted molar refractivity (Wildman–Crippen MR) is 51.3 cm³/mol. The van der Waals surface area contributed by atoms with Gasteiger partial charge in [0.25, 0.3) is 0 Å². The molecular formula is C11H12F3N. The first-order valence-electron chi connectivity index (χ1n) is 4.89. The third-order valence-corrected chi connectivity index (χ3v) is 2.89. The van der Waals surface area contributed by atoms with Gasteiger partial charge in [-0.05, 0) is 42.5 Å². The first-order chi connectivity index (χ1) is 7.02. The number of halogens is 3. The van der Waals surface area contributed by atoms with E-state index in [2.05, 4.69) is 0 Å². The molecule has 1 nitrogen and oxygen atoms in total. The van der Waals surface area contributed by atoms with E-state index in [0.29, 0.717) is 18.4 Å². The van der Waals surface area contributed by atoms with E-state index in [9.17, 15) is 13.2 Å². The molecule has 2 rings (SSSR count). The lowest BCUT2D eigenvalue weighted by Crippen LogP contribution is -2.05. The Morgan fingerprint density at radius 1 is 1.20 bits per heavy atom. The van der Waals surface area contributed by atoms with Gasteiger partial charge in [0.05, 0.1) is 5.56 Å². The summed E-state index contributed by atoms with van der Waals surface area (Å²) in [5, 5.41) is 0. The molecule has 1 aromatic rings. The summed E-state index contributed by atoms with van der Waals surface area (Å²) in [6, 6.07) is 5.40. The third-order valence-electron chi connectivity index (χ3n) is 2.89. The van der Waals surface area contributed by atoms with Crippen LogP contribution < -0.4 is 5.73 Å². The highest BCUT2D eigenvalue weighted by atomic mass is 19.4. The standard InChI is InChI=1S/C11H12F3N/c12-11(13,14)9-3-1-7(2-4-9)10-5-8(10)6-15/h1-4,8,10H,5-6,15H2/t8-,10+/m1/s1. The van der Waals surface area contributed by atoms with Crippen molar-refractivity contribution in [3.63, 3.8) is 0 Å². The number of alkyl halides is 3. The van der Waals surface area contributed by atoms with E-state index >= 15 is 0 Å². The molecule has 15 heavy (non-hydrogen) atoms. The van der Waals surface area contributed by atoms with Crippen LogP contribution >= 0.6 is 0 Å². The van der Waals surface area contributed by atoms with Crippen LogP contribution in [0.4, 0.5) is 13.2 Å². The molecule has 4 heteroatoms. The van der Waals surface area contributed by atoms with Gasteiger partial charge in [-0.1, -0.05) is 12.1 Å². The fourth-order valence-corrected chi connectivity index (χ4v) is 1.84. The second-order valence-electron chi connectivity index (χ2n) is 3.96. The Kier molecular flexibility index (Phi) is 2.46. The van der Waals surface area contributed by atoms with Crippen molar-refractivity contribution in [3.8, 4) is 0 Å². The zero-order valence-corrected chi connectivity index (χ0v) is 8.09. The van der Waals surface area contributed by atoms with Crippen LogP contribution in [0.3, 0.4) is 0 Å². The van der Waals surface area contributed by atoms with Crippen molar-refractivity contribution in [3.05, 3.63) is 35.4 Å². The topological polar surface area (TPSA) is 26.0 Å². The highest BCUT2D eigenvalue weighted by Gasteiger charge is 2.37. The largest absolute Gasteiger partial charge is 0.416 e. The summed E-state index contributed by atoms with van der Waals surface area (Å²) in [5.41, 5.74) is 5.86. The Morgan fingerprint density at radius 3 is 2.20 bits per heavy atom. The van der Waals surface area contributed by atoms with E-state index in [1.807, 2.05) is 0 Å². The van der Waals surface area contributed by atoms with E-state index in [0.717, 1.165) is 24.1 Å². The molecule has 1 aliphatic carbocycles. The number of hydrogen-bond acceptors (Lipinski definition) is 1. The van der Waals surface area contributed by atoms with Gasteiger partial charge in [-0.25, -0.2) is 0 Å². The minimum Gasteiger partial charge on any atom is -0.330 e. The van der Waals surface area contributed by atoms with Gasteiger partial charge in [0.2, 0.25) is 0 Å². The average molecular weight is 215 g/mol. The molecule has 1 aliphatic rings. The van der Waals surface area contributed by atoms with Gasteiger partial charge in [-0.15, -0.1) is 0 Å². The number of hydrogen-bond donors (Lipinski definition) is 1. The van der Waals surface area contributed by atoms with Gasteiger partial charge in [0.1, 0.15) is 0 Å². The van der Waals surface area contributed by atoms with Crippen LogP contribution in [0.5, 0.6) is 0 Å². The lowest BCUT2D eigenvalue weighted by molar-refractivity contribution is -0.137. The summed E-state index contributed by atoms with van der Waals surface area (Å²) >= 11 is 0. The SMILES string of the molecule is NC[C@H]1C[C@H]1c1ccc(C(F)(F)F)cc1. The van der Waals surface area contributed by atoms with Crippen molar-refractivity contribution in [2.24, 2.45) is 11.7 Å². The van der Waals surface area contributed by atoms with Gasteiger partial charge in [-0.2, -0.15) is 13.2 Å². The maximum absolute atomic E-state index is 12.3. The second-order valence-corrected chi connectivity index (χ2v) is 3.96. The predicted octanol–water partition coefficient (Wildman–Crippen LogP) is 2.77. The molecule has 0 saturated heterocycles. The molecule has 2 N–H and O–H groups in total. The molecule has 0 heterocycles. The second kappa shape index (κ2) is 3.52. The fourth-order valence-electron chi connectivity index (χ4n) is 1.84. The van der Waals surface area contributed by atoms with Crippen molar-refractivity contribution in [1.82, 2.24) is 0 Å². The molecule has 0 amide bonds. The van der Waals surface area contributed by atoms with Gasteiger partial charge in [0.15, 0.2) is 0 Å². The van der Waals surface area contributed by atoms with Crippen molar-refractivity contribution >= 4 is 0 Å². The molecule has 1 aromatic carbocycles. The molecule has 0 aliphatic heterocycles. The van der Waals surface area contributed by atoms with Crippen molar-refractivity contribution in [1.29, 1.82) is 0 Å². The van der Waals surface area contributed by atoms with E-state index in [4.69, 9.17) is 5.73 Å². The molecule has 2 atom stereocenters. The Balaban J connectivity index is 2.12. The summed E-state index contributed by atoms with van der Waals surface area (Å²) in [6.07, 6.45) is -3.24. The third kappa shape index (κ3) is 2.15. The Morgan fingerprint density at radius 2 is 1.80 bits per heavy atom. The molecule has 82 valence electrons. The van der Waals surface area contributed by atoms with E-state index in [-0.39, 0.29) is 0 Å². The summed E-state index contributed by atoms with van der Waals surface area (Å²) in [7, 11) is 0. The molecule has 0 unspecified atom stereocenters. The monoisotopic (exact) mass is 215 g/mol. The Bertz CT molecular complexity index is 342. The van der Waals surface area contributed by atoms with Crippen LogP contribution in [0, 0.1) is 5.92 Å². The molecule has 0 radical (unpaired) electrons. The number of rotatable bonds is 2.